The molecule has 0 aliphatic carbocycles. The van der Waals surface area contributed by atoms with Crippen LogP contribution in [0.2, 0.25) is 0 Å². The second-order valence-electron chi connectivity index (χ2n) is 6.15. The van der Waals surface area contributed by atoms with Gasteiger partial charge in [-0.2, -0.15) is 0 Å². The summed E-state index contributed by atoms with van der Waals surface area (Å²) in [6, 6.07) is 2.92. The van der Waals surface area contributed by atoms with Crippen molar-refractivity contribution in [3.8, 4) is 0 Å². The van der Waals surface area contributed by atoms with Crippen LogP contribution in [-0.2, 0) is 19.7 Å². The van der Waals surface area contributed by atoms with E-state index in [0.29, 0.717) is 0 Å². The zero-order valence-electron chi connectivity index (χ0n) is 13.4. The molecule has 1 saturated heterocycles. The van der Waals surface area contributed by atoms with Gasteiger partial charge in [-0.1, -0.05) is 6.92 Å². The van der Waals surface area contributed by atoms with Gasteiger partial charge in [0.25, 0.3) is 0 Å². The molecule has 1 heterocycles. The third kappa shape index (κ3) is 3.92. The summed E-state index contributed by atoms with van der Waals surface area (Å²) >= 11 is 0. The van der Waals surface area contributed by atoms with Gasteiger partial charge < -0.3 is 5.32 Å². The molecule has 1 aromatic carbocycles. The number of nitrogens with one attached hydrogen (secondary N) is 1. The Kier molecular flexibility index (Phi) is 5.18. The summed E-state index contributed by atoms with van der Waals surface area (Å²) < 4.78 is 63.0. The summed E-state index contributed by atoms with van der Waals surface area (Å²) in [6.45, 7) is 5.30. The molecule has 0 amide bonds. The number of hydrogen-bond donors (Lipinski definition) is 1. The molecule has 1 aliphatic heterocycles. The van der Waals surface area contributed by atoms with E-state index in [-0.39, 0.29) is 22.3 Å². The Bertz CT molecular complexity index is 790. The van der Waals surface area contributed by atoms with E-state index in [2.05, 4.69) is 5.32 Å². The Morgan fingerprint density at radius 1 is 1.35 bits per heavy atom. The van der Waals surface area contributed by atoms with Crippen molar-refractivity contribution >= 4 is 19.7 Å². The molecule has 0 unspecified atom stereocenters. The lowest BCUT2D eigenvalue weighted by molar-refractivity contribution is 0.456. The molecule has 1 aliphatic rings. The Hall–Kier alpha value is -0.990. The Morgan fingerprint density at radius 3 is 2.57 bits per heavy atom. The first-order valence-corrected chi connectivity index (χ1v) is 10.9. The molecule has 0 spiro atoms. The van der Waals surface area contributed by atoms with Crippen LogP contribution in [0.25, 0.3) is 0 Å². The van der Waals surface area contributed by atoms with Gasteiger partial charge in [-0.3, -0.25) is 0 Å². The number of halogens is 1. The summed E-state index contributed by atoms with van der Waals surface area (Å²) in [7, 11) is -7.28. The highest BCUT2D eigenvalue weighted by Crippen LogP contribution is 2.27. The van der Waals surface area contributed by atoms with Crippen LogP contribution in [0.1, 0.15) is 25.8 Å². The lowest BCUT2D eigenvalue weighted by atomic mass is 10.2. The molecule has 1 N–H and O–H groups in total. The van der Waals surface area contributed by atoms with E-state index >= 15 is 0 Å². The fourth-order valence-corrected chi connectivity index (χ4v) is 7.49. The van der Waals surface area contributed by atoms with Gasteiger partial charge in [0.1, 0.15) is 5.82 Å². The molecule has 23 heavy (non-hydrogen) atoms. The Balaban J connectivity index is 2.40. The summed E-state index contributed by atoms with van der Waals surface area (Å²) in [5, 5.41) is 2.05. The van der Waals surface area contributed by atoms with E-state index in [1.165, 1.54) is 19.1 Å². The number of hydrogen-bond acceptors (Lipinski definition) is 5. The molecular weight excluding hydrogens is 341 g/mol. The van der Waals surface area contributed by atoms with Gasteiger partial charge in [0.15, 0.2) is 19.7 Å². The predicted octanol–water partition coefficient (Wildman–Crippen LogP) is 1.46. The van der Waals surface area contributed by atoms with Gasteiger partial charge in [0.2, 0.25) is 0 Å². The third-order valence-electron chi connectivity index (χ3n) is 4.27. The molecule has 8 heteroatoms. The van der Waals surface area contributed by atoms with Gasteiger partial charge in [-0.15, -0.1) is 0 Å². The molecule has 0 radical (unpaired) electrons. The van der Waals surface area contributed by atoms with Crippen LogP contribution in [0.3, 0.4) is 0 Å². The maximum Gasteiger partial charge on any atom is 0.183 e. The first kappa shape index (κ1) is 18.4. The van der Waals surface area contributed by atoms with Gasteiger partial charge in [-0.25, -0.2) is 21.2 Å². The fourth-order valence-electron chi connectivity index (χ4n) is 2.73. The molecule has 3 atom stereocenters. The first-order chi connectivity index (χ1) is 10.6. The monoisotopic (exact) mass is 363 g/mol. The van der Waals surface area contributed by atoms with Crippen LogP contribution in [-0.4, -0.2) is 45.7 Å². The van der Waals surface area contributed by atoms with Crippen molar-refractivity contribution in [1.82, 2.24) is 5.32 Å². The standard InChI is InChI=1S/C15H22FNO4S2/c1-4-11(3)17-14-8-22(18,19)9-15(14)23(20,21)12-5-6-13(16)10(2)7-12/h5-7,11,14-15,17H,4,8-9H2,1-3H3/t11-,14+,15+/m1/s1. The van der Waals surface area contributed by atoms with E-state index in [9.17, 15) is 21.2 Å². The molecule has 0 saturated carbocycles. The zero-order chi connectivity index (χ0) is 17.4. The zero-order valence-corrected chi connectivity index (χ0v) is 15.0. The highest BCUT2D eigenvalue weighted by Gasteiger charge is 2.46. The molecule has 1 aromatic rings. The number of aryl methyl sites for hydroxylation is 1. The largest absolute Gasteiger partial charge is 0.309 e. The average Bonchev–Trinajstić information content (AvgIpc) is 2.77. The topological polar surface area (TPSA) is 80.3 Å². The van der Waals surface area contributed by atoms with E-state index in [4.69, 9.17) is 0 Å². The third-order valence-corrected chi connectivity index (χ3v) is 8.42. The van der Waals surface area contributed by atoms with Crippen LogP contribution < -0.4 is 5.32 Å². The van der Waals surface area contributed by atoms with Crippen molar-refractivity contribution in [2.45, 2.75) is 49.4 Å². The number of benzene rings is 1. The summed E-state index contributed by atoms with van der Waals surface area (Å²) in [5.74, 6) is -1.08. The number of rotatable bonds is 5. The Morgan fingerprint density at radius 2 is 2.00 bits per heavy atom. The normalized spacial score (nSPS) is 25.4. The highest BCUT2D eigenvalue weighted by molar-refractivity contribution is 7.96. The van der Waals surface area contributed by atoms with Crippen molar-refractivity contribution < 1.29 is 21.2 Å². The molecule has 0 aromatic heterocycles. The lowest BCUT2D eigenvalue weighted by Crippen LogP contribution is -2.46. The van der Waals surface area contributed by atoms with E-state index < -0.39 is 42.5 Å². The summed E-state index contributed by atoms with van der Waals surface area (Å²) in [4.78, 5) is -0.0329. The van der Waals surface area contributed by atoms with Crippen molar-refractivity contribution in [1.29, 1.82) is 0 Å². The molecule has 130 valence electrons. The smallest absolute Gasteiger partial charge is 0.183 e. The van der Waals surface area contributed by atoms with Crippen molar-refractivity contribution in [3.05, 3.63) is 29.6 Å². The van der Waals surface area contributed by atoms with Crippen LogP contribution >= 0.6 is 0 Å². The quantitative estimate of drug-likeness (QED) is 0.801. The highest BCUT2D eigenvalue weighted by atomic mass is 32.2. The molecule has 1 fully saturated rings. The van der Waals surface area contributed by atoms with Crippen LogP contribution in [0.4, 0.5) is 4.39 Å². The SMILES string of the molecule is CC[C@@H](C)N[C@H]1CS(=O)(=O)C[C@@H]1S(=O)(=O)c1ccc(F)c(C)c1. The maximum absolute atomic E-state index is 13.4. The maximum atomic E-state index is 13.4. The molecule has 5 nitrogen and oxygen atoms in total. The van der Waals surface area contributed by atoms with Gasteiger partial charge in [-0.05, 0) is 44.0 Å². The van der Waals surface area contributed by atoms with Gasteiger partial charge in [0, 0.05) is 12.1 Å². The molecule has 2 rings (SSSR count). The van der Waals surface area contributed by atoms with Gasteiger partial charge in [0.05, 0.1) is 21.7 Å². The minimum atomic E-state index is -3.86. The average molecular weight is 363 g/mol. The fraction of sp³-hybridized carbons (Fsp3) is 0.600. The minimum Gasteiger partial charge on any atom is -0.309 e. The first-order valence-electron chi connectivity index (χ1n) is 7.53. The second-order valence-corrected chi connectivity index (χ2v) is 10.5. The van der Waals surface area contributed by atoms with E-state index in [0.717, 1.165) is 12.5 Å². The summed E-state index contributed by atoms with van der Waals surface area (Å²) in [5.41, 5.74) is 0.221. The second kappa shape index (κ2) is 6.49. The van der Waals surface area contributed by atoms with Crippen LogP contribution in [0.5, 0.6) is 0 Å². The van der Waals surface area contributed by atoms with Crippen LogP contribution in [0.15, 0.2) is 23.1 Å². The number of sulfone groups is 2. The van der Waals surface area contributed by atoms with E-state index in [1.54, 1.807) is 0 Å². The minimum absolute atomic E-state index is 0.0148. The predicted molar refractivity (Wildman–Crippen MR) is 87.4 cm³/mol. The van der Waals surface area contributed by atoms with Crippen molar-refractivity contribution in [2.75, 3.05) is 11.5 Å². The molecular formula is C15H22FNO4S2. The van der Waals surface area contributed by atoms with Crippen molar-refractivity contribution in [3.63, 3.8) is 0 Å². The van der Waals surface area contributed by atoms with Gasteiger partial charge >= 0.3 is 0 Å². The van der Waals surface area contributed by atoms with Crippen LogP contribution in [0, 0.1) is 12.7 Å². The Labute approximate surface area is 137 Å². The molecule has 0 bridgehead atoms. The van der Waals surface area contributed by atoms with E-state index in [1.807, 2.05) is 13.8 Å². The van der Waals surface area contributed by atoms with Crippen molar-refractivity contribution in [2.24, 2.45) is 0 Å². The summed E-state index contributed by atoms with van der Waals surface area (Å²) in [6.07, 6.45) is 0.763. The lowest BCUT2D eigenvalue weighted by Gasteiger charge is -2.23.